The van der Waals surface area contributed by atoms with Gasteiger partial charge in [0.25, 0.3) is 0 Å². The van der Waals surface area contributed by atoms with Crippen LogP contribution in [-0.2, 0) is 11.3 Å². The molecule has 1 unspecified atom stereocenters. The number of carboxylic acids is 1. The van der Waals surface area contributed by atoms with E-state index in [1.54, 1.807) is 23.1 Å². The van der Waals surface area contributed by atoms with Crippen LogP contribution in [0.15, 0.2) is 24.3 Å². The maximum atomic E-state index is 12.2. The van der Waals surface area contributed by atoms with Gasteiger partial charge in [-0.2, -0.15) is 0 Å². The number of carbonyl (C=O) groups excluding carboxylic acids is 1. The smallest absolute Gasteiger partial charge is 0.410 e. The third kappa shape index (κ3) is 6.38. The van der Waals surface area contributed by atoms with Crippen molar-refractivity contribution >= 4 is 12.1 Å². The summed E-state index contributed by atoms with van der Waals surface area (Å²) in [6.45, 7) is 7.62. The van der Waals surface area contributed by atoms with Gasteiger partial charge in [0.2, 0.25) is 0 Å². The van der Waals surface area contributed by atoms with Crippen LogP contribution in [0.1, 0.15) is 56.0 Å². The monoisotopic (exact) mass is 348 g/mol. The zero-order chi connectivity index (χ0) is 18.4. The van der Waals surface area contributed by atoms with Crippen molar-refractivity contribution < 1.29 is 19.4 Å². The van der Waals surface area contributed by atoms with E-state index in [-0.39, 0.29) is 6.09 Å². The summed E-state index contributed by atoms with van der Waals surface area (Å²) in [5, 5.41) is 12.5. The minimum absolute atomic E-state index is 0.248. The third-order valence-electron chi connectivity index (χ3n) is 4.15. The van der Waals surface area contributed by atoms with Gasteiger partial charge in [-0.25, -0.2) is 9.59 Å². The molecule has 1 heterocycles. The predicted molar refractivity (Wildman–Crippen MR) is 95.7 cm³/mol. The second-order valence-electron chi connectivity index (χ2n) is 7.48. The Kier molecular flexibility index (Phi) is 6.42. The fourth-order valence-electron chi connectivity index (χ4n) is 2.89. The second kappa shape index (κ2) is 8.34. The number of nitrogens with one attached hydrogen (secondary N) is 1. The van der Waals surface area contributed by atoms with Crippen molar-refractivity contribution in [3.05, 3.63) is 35.4 Å². The summed E-state index contributed by atoms with van der Waals surface area (Å²) < 4.78 is 5.44. The van der Waals surface area contributed by atoms with E-state index in [2.05, 4.69) is 5.32 Å². The van der Waals surface area contributed by atoms with Crippen LogP contribution in [0.25, 0.3) is 0 Å². The first-order chi connectivity index (χ1) is 11.7. The first kappa shape index (κ1) is 19.2. The highest BCUT2D eigenvalue weighted by Gasteiger charge is 2.25. The quantitative estimate of drug-likeness (QED) is 0.873. The van der Waals surface area contributed by atoms with Crippen LogP contribution in [0, 0.1) is 0 Å². The number of aromatic carboxylic acids is 1. The molecule has 0 bridgehead atoms. The third-order valence-corrected chi connectivity index (χ3v) is 4.15. The summed E-state index contributed by atoms with van der Waals surface area (Å²) in [4.78, 5) is 25.0. The zero-order valence-electron chi connectivity index (χ0n) is 15.2. The predicted octanol–water partition coefficient (Wildman–Crippen LogP) is 3.26. The van der Waals surface area contributed by atoms with Crippen LogP contribution in [0.3, 0.4) is 0 Å². The van der Waals surface area contributed by atoms with E-state index in [1.807, 2.05) is 26.8 Å². The van der Waals surface area contributed by atoms with Crippen molar-refractivity contribution in [1.29, 1.82) is 0 Å². The Morgan fingerprint density at radius 3 is 2.72 bits per heavy atom. The Morgan fingerprint density at radius 1 is 1.28 bits per heavy atom. The van der Waals surface area contributed by atoms with Gasteiger partial charge in [0.1, 0.15) is 5.60 Å². The van der Waals surface area contributed by atoms with Crippen LogP contribution in [0.5, 0.6) is 0 Å². The van der Waals surface area contributed by atoms with Gasteiger partial charge in [-0.15, -0.1) is 0 Å². The molecule has 1 saturated heterocycles. The molecule has 25 heavy (non-hydrogen) atoms. The molecule has 6 heteroatoms. The lowest BCUT2D eigenvalue weighted by atomic mass is 10.1. The highest BCUT2D eigenvalue weighted by atomic mass is 16.6. The van der Waals surface area contributed by atoms with Crippen molar-refractivity contribution in [2.45, 2.75) is 58.2 Å². The maximum absolute atomic E-state index is 12.2. The first-order valence-corrected chi connectivity index (χ1v) is 8.78. The molecule has 138 valence electrons. The van der Waals surface area contributed by atoms with Crippen molar-refractivity contribution in [2.24, 2.45) is 0 Å². The number of likely N-dealkylation sites (tertiary alicyclic amines) is 1. The van der Waals surface area contributed by atoms with E-state index < -0.39 is 11.6 Å². The van der Waals surface area contributed by atoms with E-state index in [0.717, 1.165) is 24.8 Å². The molecular weight excluding hydrogens is 320 g/mol. The molecule has 1 amide bonds. The van der Waals surface area contributed by atoms with Crippen LogP contribution in [0.2, 0.25) is 0 Å². The molecule has 2 N–H and O–H groups in total. The number of carbonyl (C=O) groups is 2. The molecule has 0 saturated carbocycles. The summed E-state index contributed by atoms with van der Waals surface area (Å²) >= 11 is 0. The summed E-state index contributed by atoms with van der Waals surface area (Å²) in [5.74, 6) is -0.913. The number of nitrogens with zero attached hydrogens (tertiary/aromatic N) is 1. The fourth-order valence-corrected chi connectivity index (χ4v) is 2.89. The Bertz CT molecular complexity index is 610. The van der Waals surface area contributed by atoms with Crippen LogP contribution >= 0.6 is 0 Å². The van der Waals surface area contributed by atoms with Gasteiger partial charge in [0, 0.05) is 25.7 Å². The highest BCUT2D eigenvalue weighted by Crippen LogP contribution is 2.16. The zero-order valence-corrected chi connectivity index (χ0v) is 15.2. The molecule has 1 aromatic carbocycles. The lowest BCUT2D eigenvalue weighted by Crippen LogP contribution is -2.38. The molecule has 6 nitrogen and oxygen atoms in total. The number of rotatable bonds is 4. The Hall–Kier alpha value is -2.08. The largest absolute Gasteiger partial charge is 0.478 e. The SMILES string of the molecule is CC(C)(C)OC(=O)N1CCCC(NCc2cccc(C(=O)O)c2)CC1. The molecule has 1 aliphatic rings. The van der Waals surface area contributed by atoms with Crippen LogP contribution in [-0.4, -0.2) is 46.8 Å². The lowest BCUT2D eigenvalue weighted by molar-refractivity contribution is 0.0255. The molecule has 0 aromatic heterocycles. The van der Waals surface area contributed by atoms with Gasteiger partial charge >= 0.3 is 12.1 Å². The molecule has 0 radical (unpaired) electrons. The molecular formula is C19H28N2O4. The highest BCUT2D eigenvalue weighted by molar-refractivity contribution is 5.87. The average molecular weight is 348 g/mol. The van der Waals surface area contributed by atoms with E-state index in [4.69, 9.17) is 9.84 Å². The molecule has 0 aliphatic carbocycles. The van der Waals surface area contributed by atoms with Gasteiger partial charge in [0.05, 0.1) is 5.56 Å². The van der Waals surface area contributed by atoms with Gasteiger partial charge in [-0.1, -0.05) is 12.1 Å². The van der Waals surface area contributed by atoms with Crippen LogP contribution < -0.4 is 5.32 Å². The van der Waals surface area contributed by atoms with Crippen molar-refractivity contribution in [1.82, 2.24) is 10.2 Å². The molecule has 1 aromatic rings. The fraction of sp³-hybridized carbons (Fsp3) is 0.579. The number of benzene rings is 1. The molecule has 1 atom stereocenters. The Balaban J connectivity index is 1.84. The summed E-state index contributed by atoms with van der Waals surface area (Å²) in [5.41, 5.74) is 0.778. The average Bonchev–Trinajstić information content (AvgIpc) is 2.77. The summed E-state index contributed by atoms with van der Waals surface area (Å²) in [6.07, 6.45) is 2.52. The van der Waals surface area contributed by atoms with Gasteiger partial charge in [-0.3, -0.25) is 0 Å². The standard InChI is InChI=1S/C19H28N2O4/c1-19(2,3)25-18(24)21-10-5-8-16(9-11-21)20-13-14-6-4-7-15(12-14)17(22)23/h4,6-7,12,16,20H,5,8-11,13H2,1-3H3,(H,22,23). The number of hydrogen-bond donors (Lipinski definition) is 2. The first-order valence-electron chi connectivity index (χ1n) is 8.78. The molecule has 1 aliphatic heterocycles. The van der Waals surface area contributed by atoms with E-state index >= 15 is 0 Å². The van der Waals surface area contributed by atoms with Gasteiger partial charge in [-0.05, 0) is 57.7 Å². The minimum atomic E-state index is -0.913. The Morgan fingerprint density at radius 2 is 2.04 bits per heavy atom. The normalized spacial score (nSPS) is 18.5. The Labute approximate surface area is 149 Å². The van der Waals surface area contributed by atoms with E-state index in [1.165, 1.54) is 0 Å². The van der Waals surface area contributed by atoms with Crippen molar-refractivity contribution in [3.8, 4) is 0 Å². The molecule has 1 fully saturated rings. The number of ether oxygens (including phenoxy) is 1. The minimum Gasteiger partial charge on any atom is -0.478 e. The maximum Gasteiger partial charge on any atom is 0.410 e. The van der Waals surface area contributed by atoms with Gasteiger partial charge in [0.15, 0.2) is 0 Å². The summed E-state index contributed by atoms with van der Waals surface area (Å²) in [7, 11) is 0. The number of carboxylic acid groups (broad SMARTS) is 1. The van der Waals surface area contributed by atoms with E-state index in [0.29, 0.717) is 31.2 Å². The topological polar surface area (TPSA) is 78.9 Å². The second-order valence-corrected chi connectivity index (χ2v) is 7.48. The van der Waals surface area contributed by atoms with Gasteiger partial charge < -0.3 is 20.1 Å². The summed E-state index contributed by atoms with van der Waals surface area (Å²) in [6, 6.07) is 7.27. The lowest BCUT2D eigenvalue weighted by Gasteiger charge is -2.26. The van der Waals surface area contributed by atoms with Crippen molar-refractivity contribution in [2.75, 3.05) is 13.1 Å². The number of amides is 1. The molecule has 0 spiro atoms. The molecule has 2 rings (SSSR count). The number of hydrogen-bond acceptors (Lipinski definition) is 4. The van der Waals surface area contributed by atoms with Crippen molar-refractivity contribution in [3.63, 3.8) is 0 Å². The van der Waals surface area contributed by atoms with Crippen LogP contribution in [0.4, 0.5) is 4.79 Å². The van der Waals surface area contributed by atoms with E-state index in [9.17, 15) is 9.59 Å².